The van der Waals surface area contributed by atoms with Gasteiger partial charge in [-0.2, -0.15) is 0 Å². The Bertz CT molecular complexity index is 313. The Morgan fingerprint density at radius 1 is 1.07 bits per heavy atom. The van der Waals surface area contributed by atoms with E-state index in [0.29, 0.717) is 17.3 Å². The SMILES string of the molecule is C/C=C\C1C(=C/C)/C(=C\C)C(C)(C)C1C. The molecule has 0 heterocycles. The summed E-state index contributed by atoms with van der Waals surface area (Å²) in [5.74, 6) is 1.28. The molecule has 1 aliphatic rings. The van der Waals surface area contributed by atoms with Gasteiger partial charge in [-0.05, 0) is 43.3 Å². The first-order valence-corrected chi connectivity index (χ1v) is 5.96. The lowest BCUT2D eigenvalue weighted by atomic mass is 9.78. The molecule has 0 amide bonds. The molecule has 0 aromatic heterocycles. The highest BCUT2D eigenvalue weighted by Gasteiger charge is 2.43. The zero-order valence-corrected chi connectivity index (χ0v) is 11.0. The topological polar surface area (TPSA) is 0 Å². The second-order valence-corrected chi connectivity index (χ2v) is 5.01. The first-order valence-electron chi connectivity index (χ1n) is 5.96. The van der Waals surface area contributed by atoms with Crippen molar-refractivity contribution in [1.29, 1.82) is 0 Å². The van der Waals surface area contributed by atoms with Crippen molar-refractivity contribution in [3.63, 3.8) is 0 Å². The Morgan fingerprint density at radius 3 is 2.07 bits per heavy atom. The maximum atomic E-state index is 2.37. The van der Waals surface area contributed by atoms with Gasteiger partial charge in [0.05, 0.1) is 0 Å². The van der Waals surface area contributed by atoms with Crippen molar-refractivity contribution < 1.29 is 0 Å². The van der Waals surface area contributed by atoms with Gasteiger partial charge in [0.25, 0.3) is 0 Å². The average molecular weight is 204 g/mol. The molecule has 2 atom stereocenters. The third-order valence-corrected chi connectivity index (χ3v) is 4.04. The number of allylic oxidation sites excluding steroid dienone is 6. The fourth-order valence-corrected chi connectivity index (χ4v) is 2.88. The number of hydrogen-bond acceptors (Lipinski definition) is 0. The fourth-order valence-electron chi connectivity index (χ4n) is 2.88. The monoisotopic (exact) mass is 204 g/mol. The van der Waals surface area contributed by atoms with Crippen molar-refractivity contribution in [3.8, 4) is 0 Å². The predicted molar refractivity (Wildman–Crippen MR) is 68.8 cm³/mol. The lowest BCUT2D eigenvalue weighted by molar-refractivity contribution is 0.298. The summed E-state index contributed by atoms with van der Waals surface area (Å²) in [6.45, 7) is 13.5. The van der Waals surface area contributed by atoms with Gasteiger partial charge >= 0.3 is 0 Å². The van der Waals surface area contributed by atoms with E-state index in [1.54, 1.807) is 0 Å². The van der Waals surface area contributed by atoms with E-state index in [-0.39, 0.29) is 0 Å². The molecular weight excluding hydrogens is 180 g/mol. The van der Waals surface area contributed by atoms with Gasteiger partial charge in [-0.3, -0.25) is 0 Å². The van der Waals surface area contributed by atoms with Crippen LogP contribution in [0.1, 0.15) is 41.5 Å². The average Bonchev–Trinajstić information content (AvgIpc) is 2.38. The number of hydrogen-bond donors (Lipinski definition) is 0. The van der Waals surface area contributed by atoms with Crippen molar-refractivity contribution in [2.75, 3.05) is 0 Å². The summed E-state index contributed by atoms with van der Waals surface area (Å²) in [6, 6.07) is 0. The second kappa shape index (κ2) is 4.38. The Kier molecular flexibility index (Phi) is 3.59. The van der Waals surface area contributed by atoms with E-state index in [0.717, 1.165) is 0 Å². The Morgan fingerprint density at radius 2 is 1.67 bits per heavy atom. The minimum Gasteiger partial charge on any atom is -0.0910 e. The molecule has 0 aliphatic heterocycles. The second-order valence-electron chi connectivity index (χ2n) is 5.01. The van der Waals surface area contributed by atoms with E-state index in [9.17, 15) is 0 Å². The molecule has 0 N–H and O–H groups in total. The Labute approximate surface area is 94.8 Å². The molecule has 0 nitrogen and oxygen atoms in total. The highest BCUT2D eigenvalue weighted by molar-refractivity contribution is 5.45. The zero-order valence-electron chi connectivity index (χ0n) is 11.0. The summed E-state index contributed by atoms with van der Waals surface area (Å²) in [5.41, 5.74) is 3.36. The summed E-state index contributed by atoms with van der Waals surface area (Å²) in [6.07, 6.45) is 9.10. The molecule has 1 saturated carbocycles. The first kappa shape index (κ1) is 12.3. The van der Waals surface area contributed by atoms with Gasteiger partial charge in [0.2, 0.25) is 0 Å². The van der Waals surface area contributed by atoms with E-state index in [1.165, 1.54) is 11.1 Å². The van der Waals surface area contributed by atoms with Crippen LogP contribution in [-0.2, 0) is 0 Å². The van der Waals surface area contributed by atoms with Gasteiger partial charge in [0.15, 0.2) is 0 Å². The third-order valence-electron chi connectivity index (χ3n) is 4.04. The van der Waals surface area contributed by atoms with Crippen LogP contribution in [0.3, 0.4) is 0 Å². The van der Waals surface area contributed by atoms with E-state index in [4.69, 9.17) is 0 Å². The Balaban J connectivity index is 3.25. The van der Waals surface area contributed by atoms with Gasteiger partial charge in [-0.1, -0.05) is 45.1 Å². The van der Waals surface area contributed by atoms with Crippen LogP contribution in [0, 0.1) is 17.3 Å². The maximum absolute atomic E-state index is 2.37. The van der Waals surface area contributed by atoms with E-state index >= 15 is 0 Å². The van der Waals surface area contributed by atoms with Crippen LogP contribution in [0.15, 0.2) is 35.5 Å². The normalized spacial score (nSPS) is 35.9. The van der Waals surface area contributed by atoms with Gasteiger partial charge in [0, 0.05) is 5.92 Å². The summed E-state index contributed by atoms with van der Waals surface area (Å²) >= 11 is 0. The summed E-state index contributed by atoms with van der Waals surface area (Å²) in [5, 5.41) is 0. The van der Waals surface area contributed by atoms with Gasteiger partial charge < -0.3 is 0 Å². The van der Waals surface area contributed by atoms with Crippen molar-refractivity contribution >= 4 is 0 Å². The fraction of sp³-hybridized carbons (Fsp3) is 0.600. The summed E-state index contributed by atoms with van der Waals surface area (Å²) in [7, 11) is 0. The van der Waals surface area contributed by atoms with E-state index < -0.39 is 0 Å². The standard InChI is InChI=1S/C15H24/c1-7-10-13-11(4)15(5,6)14(9-3)12(13)8-2/h7-11,13H,1-6H3/b10-7-,12-8-,14-9+. The Hall–Kier alpha value is -0.780. The van der Waals surface area contributed by atoms with Crippen LogP contribution in [0.2, 0.25) is 0 Å². The molecule has 0 aromatic rings. The highest BCUT2D eigenvalue weighted by Crippen LogP contribution is 2.53. The third kappa shape index (κ3) is 1.82. The molecule has 1 rings (SSSR count). The molecule has 0 saturated heterocycles. The molecule has 0 bridgehead atoms. The quantitative estimate of drug-likeness (QED) is 0.541. The lowest BCUT2D eigenvalue weighted by Crippen LogP contribution is -2.19. The molecule has 1 fully saturated rings. The molecule has 1 aliphatic carbocycles. The highest BCUT2D eigenvalue weighted by atomic mass is 14.5. The lowest BCUT2D eigenvalue weighted by Gasteiger charge is -2.26. The molecule has 15 heavy (non-hydrogen) atoms. The summed E-state index contributed by atoms with van der Waals surface area (Å²) in [4.78, 5) is 0. The van der Waals surface area contributed by atoms with Gasteiger partial charge in [-0.25, -0.2) is 0 Å². The van der Waals surface area contributed by atoms with E-state index in [2.05, 4.69) is 65.8 Å². The molecular formula is C15H24. The van der Waals surface area contributed by atoms with E-state index in [1.807, 2.05) is 0 Å². The molecule has 84 valence electrons. The van der Waals surface area contributed by atoms with Crippen LogP contribution < -0.4 is 0 Å². The predicted octanol–water partition coefficient (Wildman–Crippen LogP) is 4.75. The first-order chi connectivity index (χ1) is 7.00. The van der Waals surface area contributed by atoms with Crippen LogP contribution in [-0.4, -0.2) is 0 Å². The largest absolute Gasteiger partial charge is 0.0910 e. The molecule has 2 unspecified atom stereocenters. The van der Waals surface area contributed by atoms with Crippen LogP contribution in [0.25, 0.3) is 0 Å². The van der Waals surface area contributed by atoms with Crippen LogP contribution in [0.4, 0.5) is 0 Å². The van der Waals surface area contributed by atoms with Gasteiger partial charge in [-0.15, -0.1) is 0 Å². The smallest absolute Gasteiger partial charge is 0.00513 e. The van der Waals surface area contributed by atoms with Crippen molar-refractivity contribution in [1.82, 2.24) is 0 Å². The molecule has 0 radical (unpaired) electrons. The van der Waals surface area contributed by atoms with Crippen molar-refractivity contribution in [2.45, 2.75) is 41.5 Å². The zero-order chi connectivity index (χ0) is 11.6. The van der Waals surface area contributed by atoms with Crippen molar-refractivity contribution in [2.24, 2.45) is 17.3 Å². The number of rotatable bonds is 1. The maximum Gasteiger partial charge on any atom is 0.00513 e. The summed E-state index contributed by atoms with van der Waals surface area (Å²) < 4.78 is 0. The van der Waals surface area contributed by atoms with Crippen LogP contribution >= 0.6 is 0 Å². The van der Waals surface area contributed by atoms with Crippen molar-refractivity contribution in [3.05, 3.63) is 35.5 Å². The molecule has 0 aromatic carbocycles. The molecule has 0 spiro atoms. The minimum atomic E-state index is 0.306. The minimum absolute atomic E-state index is 0.306. The molecule has 0 heteroatoms. The van der Waals surface area contributed by atoms with Gasteiger partial charge in [0.1, 0.15) is 0 Å². The van der Waals surface area contributed by atoms with Crippen LogP contribution in [0.5, 0.6) is 0 Å².